The zero-order valence-corrected chi connectivity index (χ0v) is 13.0. The second kappa shape index (κ2) is 8.26. The fourth-order valence-electron chi connectivity index (χ4n) is 4.00. The Morgan fingerprint density at radius 1 is 0.947 bits per heavy atom. The summed E-state index contributed by atoms with van der Waals surface area (Å²) in [5.41, 5.74) is 0. The van der Waals surface area contributed by atoms with Crippen LogP contribution in [0, 0.1) is 17.8 Å². The molecule has 2 aliphatic rings. The van der Waals surface area contributed by atoms with Crippen LogP contribution in [0.15, 0.2) is 0 Å². The second-order valence-corrected chi connectivity index (χ2v) is 7.12. The lowest BCUT2D eigenvalue weighted by Gasteiger charge is -2.31. The van der Waals surface area contributed by atoms with Crippen LogP contribution in [0.1, 0.15) is 65.2 Å². The summed E-state index contributed by atoms with van der Waals surface area (Å²) in [5.74, 6) is 2.64. The molecule has 0 saturated heterocycles. The van der Waals surface area contributed by atoms with Crippen molar-refractivity contribution in [3.63, 3.8) is 0 Å². The molecule has 2 atom stereocenters. The molecule has 2 rings (SSSR count). The van der Waals surface area contributed by atoms with Crippen molar-refractivity contribution in [2.75, 3.05) is 19.7 Å². The molecular formula is C17H33NO. The molecule has 0 radical (unpaired) electrons. The molecule has 19 heavy (non-hydrogen) atoms. The van der Waals surface area contributed by atoms with Crippen LogP contribution in [0.4, 0.5) is 0 Å². The normalized spacial score (nSPS) is 33.5. The van der Waals surface area contributed by atoms with Crippen molar-refractivity contribution in [3.05, 3.63) is 0 Å². The smallest absolute Gasteiger partial charge is 0.0594 e. The van der Waals surface area contributed by atoms with E-state index in [9.17, 15) is 0 Å². The Morgan fingerprint density at radius 2 is 1.63 bits per heavy atom. The van der Waals surface area contributed by atoms with Crippen LogP contribution in [0.3, 0.4) is 0 Å². The highest BCUT2D eigenvalue weighted by Crippen LogP contribution is 2.30. The fraction of sp³-hybridized carbons (Fsp3) is 1.00. The van der Waals surface area contributed by atoms with Crippen molar-refractivity contribution in [3.8, 4) is 0 Å². The van der Waals surface area contributed by atoms with E-state index in [0.717, 1.165) is 30.9 Å². The summed E-state index contributed by atoms with van der Waals surface area (Å²) in [4.78, 5) is 0. The molecule has 0 aliphatic heterocycles. The molecule has 0 spiro atoms. The molecule has 0 heterocycles. The monoisotopic (exact) mass is 267 g/mol. The van der Waals surface area contributed by atoms with Crippen molar-refractivity contribution in [2.24, 2.45) is 17.8 Å². The minimum atomic E-state index is 0.523. The van der Waals surface area contributed by atoms with Crippen LogP contribution in [-0.4, -0.2) is 25.8 Å². The molecule has 1 N–H and O–H groups in total. The summed E-state index contributed by atoms with van der Waals surface area (Å²) in [7, 11) is 0. The topological polar surface area (TPSA) is 21.3 Å². The molecule has 2 nitrogen and oxygen atoms in total. The third-order valence-corrected chi connectivity index (χ3v) is 4.93. The highest BCUT2D eigenvalue weighted by atomic mass is 16.5. The number of ether oxygens (including phenoxy) is 1. The SMILES string of the molecule is CC1CC(C)CC(OCCNCC2CCCCC2)C1. The van der Waals surface area contributed by atoms with Crippen molar-refractivity contribution in [1.29, 1.82) is 0 Å². The minimum Gasteiger partial charge on any atom is -0.377 e. The molecule has 2 heteroatoms. The first kappa shape index (κ1) is 15.3. The lowest BCUT2D eigenvalue weighted by molar-refractivity contribution is 0.00244. The van der Waals surface area contributed by atoms with Crippen LogP contribution in [0.25, 0.3) is 0 Å². The van der Waals surface area contributed by atoms with Gasteiger partial charge in [0.05, 0.1) is 12.7 Å². The second-order valence-electron chi connectivity index (χ2n) is 7.12. The van der Waals surface area contributed by atoms with Gasteiger partial charge in [-0.3, -0.25) is 0 Å². The van der Waals surface area contributed by atoms with E-state index < -0.39 is 0 Å². The molecule has 2 aliphatic carbocycles. The van der Waals surface area contributed by atoms with Gasteiger partial charge in [-0.25, -0.2) is 0 Å². The van der Waals surface area contributed by atoms with Crippen LogP contribution in [0.5, 0.6) is 0 Å². The maximum atomic E-state index is 6.05. The predicted molar refractivity (Wildman–Crippen MR) is 81.4 cm³/mol. The quantitative estimate of drug-likeness (QED) is 0.735. The van der Waals surface area contributed by atoms with E-state index in [0.29, 0.717) is 6.10 Å². The van der Waals surface area contributed by atoms with Crippen molar-refractivity contribution >= 4 is 0 Å². The Labute approximate surface area is 119 Å². The van der Waals surface area contributed by atoms with Gasteiger partial charge in [-0.15, -0.1) is 0 Å². The van der Waals surface area contributed by atoms with Gasteiger partial charge in [0.15, 0.2) is 0 Å². The first-order valence-corrected chi connectivity index (χ1v) is 8.56. The van der Waals surface area contributed by atoms with Gasteiger partial charge in [0.2, 0.25) is 0 Å². The molecule has 2 fully saturated rings. The number of hydrogen-bond donors (Lipinski definition) is 1. The highest BCUT2D eigenvalue weighted by Gasteiger charge is 2.24. The Hall–Kier alpha value is -0.0800. The third-order valence-electron chi connectivity index (χ3n) is 4.93. The minimum absolute atomic E-state index is 0.523. The van der Waals surface area contributed by atoms with Crippen molar-refractivity contribution in [2.45, 2.75) is 71.3 Å². The van der Waals surface area contributed by atoms with E-state index in [1.807, 2.05) is 0 Å². The van der Waals surface area contributed by atoms with Gasteiger partial charge in [0, 0.05) is 6.54 Å². The van der Waals surface area contributed by atoms with Gasteiger partial charge in [0.25, 0.3) is 0 Å². The molecule has 0 aromatic carbocycles. The zero-order valence-electron chi connectivity index (χ0n) is 13.0. The average Bonchev–Trinajstić information content (AvgIpc) is 2.38. The summed E-state index contributed by atoms with van der Waals surface area (Å²) in [5, 5.41) is 3.59. The largest absolute Gasteiger partial charge is 0.377 e. The van der Waals surface area contributed by atoms with Gasteiger partial charge in [0.1, 0.15) is 0 Å². The summed E-state index contributed by atoms with van der Waals surface area (Å²) < 4.78 is 6.05. The van der Waals surface area contributed by atoms with E-state index in [4.69, 9.17) is 4.74 Å². The number of rotatable bonds is 6. The summed E-state index contributed by atoms with van der Waals surface area (Å²) in [6.07, 6.45) is 11.7. The third kappa shape index (κ3) is 5.83. The molecule has 0 aromatic heterocycles. The van der Waals surface area contributed by atoms with Gasteiger partial charge in [-0.1, -0.05) is 33.1 Å². The highest BCUT2D eigenvalue weighted by molar-refractivity contribution is 4.75. The van der Waals surface area contributed by atoms with E-state index in [1.165, 1.54) is 57.9 Å². The predicted octanol–water partition coefficient (Wildman–Crippen LogP) is 4.00. The summed E-state index contributed by atoms with van der Waals surface area (Å²) in [6, 6.07) is 0. The molecule has 112 valence electrons. The maximum absolute atomic E-state index is 6.05. The first-order chi connectivity index (χ1) is 9.24. The number of hydrogen-bond acceptors (Lipinski definition) is 2. The lowest BCUT2D eigenvalue weighted by Crippen LogP contribution is -2.31. The number of nitrogens with one attached hydrogen (secondary N) is 1. The molecule has 2 unspecified atom stereocenters. The van der Waals surface area contributed by atoms with E-state index in [-0.39, 0.29) is 0 Å². The average molecular weight is 267 g/mol. The van der Waals surface area contributed by atoms with Gasteiger partial charge in [-0.2, -0.15) is 0 Å². The van der Waals surface area contributed by atoms with Crippen LogP contribution < -0.4 is 5.32 Å². The van der Waals surface area contributed by atoms with E-state index in [1.54, 1.807) is 0 Å². The zero-order chi connectivity index (χ0) is 13.5. The van der Waals surface area contributed by atoms with Gasteiger partial charge >= 0.3 is 0 Å². The Bertz CT molecular complexity index is 227. The lowest BCUT2D eigenvalue weighted by atomic mass is 9.82. The fourth-order valence-corrected chi connectivity index (χ4v) is 4.00. The van der Waals surface area contributed by atoms with Gasteiger partial charge in [-0.05, 0) is 56.4 Å². The summed E-state index contributed by atoms with van der Waals surface area (Å²) >= 11 is 0. The first-order valence-electron chi connectivity index (χ1n) is 8.56. The van der Waals surface area contributed by atoms with Crippen molar-refractivity contribution < 1.29 is 4.74 Å². The van der Waals surface area contributed by atoms with E-state index in [2.05, 4.69) is 19.2 Å². The molecule has 0 aromatic rings. The molecule has 0 amide bonds. The van der Waals surface area contributed by atoms with E-state index >= 15 is 0 Å². The van der Waals surface area contributed by atoms with Crippen LogP contribution >= 0.6 is 0 Å². The van der Waals surface area contributed by atoms with Crippen molar-refractivity contribution in [1.82, 2.24) is 5.32 Å². The maximum Gasteiger partial charge on any atom is 0.0594 e. The standard InChI is InChI=1S/C17H33NO/c1-14-10-15(2)12-17(11-14)19-9-8-18-13-16-6-4-3-5-7-16/h14-18H,3-13H2,1-2H3. The Morgan fingerprint density at radius 3 is 2.32 bits per heavy atom. The Kier molecular flexibility index (Phi) is 6.66. The summed E-state index contributed by atoms with van der Waals surface area (Å²) in [6.45, 7) is 7.88. The molecule has 2 saturated carbocycles. The molecular weight excluding hydrogens is 234 g/mol. The van der Waals surface area contributed by atoms with Crippen LogP contribution in [0.2, 0.25) is 0 Å². The van der Waals surface area contributed by atoms with Crippen LogP contribution in [-0.2, 0) is 4.74 Å². The van der Waals surface area contributed by atoms with Gasteiger partial charge < -0.3 is 10.1 Å². The Balaban J connectivity index is 1.49. The molecule has 0 bridgehead atoms.